The Balaban J connectivity index is 1.34. The van der Waals surface area contributed by atoms with Crippen molar-refractivity contribution in [1.82, 2.24) is 20.3 Å². The summed E-state index contributed by atoms with van der Waals surface area (Å²) < 4.78 is 29.5. The number of thioether (sulfide) groups is 1. The van der Waals surface area contributed by atoms with E-state index in [1.807, 2.05) is 12.1 Å². The van der Waals surface area contributed by atoms with Gasteiger partial charge in [-0.1, -0.05) is 28.5 Å². The van der Waals surface area contributed by atoms with Crippen LogP contribution in [0.3, 0.4) is 0 Å². The van der Waals surface area contributed by atoms with Crippen molar-refractivity contribution in [2.24, 2.45) is 0 Å². The summed E-state index contributed by atoms with van der Waals surface area (Å²) in [6.45, 7) is 1.77. The quantitative estimate of drug-likeness (QED) is 0.361. The van der Waals surface area contributed by atoms with Crippen LogP contribution in [0.25, 0.3) is 11.4 Å². The van der Waals surface area contributed by atoms with Gasteiger partial charge in [-0.3, -0.25) is 0 Å². The zero-order valence-corrected chi connectivity index (χ0v) is 16.7. The van der Waals surface area contributed by atoms with E-state index in [2.05, 4.69) is 20.3 Å². The summed E-state index contributed by atoms with van der Waals surface area (Å²) in [6.07, 6.45) is -0.484. The molecule has 0 N–H and O–H groups in total. The van der Waals surface area contributed by atoms with Crippen LogP contribution in [0.2, 0.25) is 5.02 Å². The first kappa shape index (κ1) is 19.4. The SMILES string of the molecule is C[C@H](Oc1ccc(F)cc1)c1nnc(SCc2nc(-c3ccc(Cl)cc3)no2)o1. The summed E-state index contributed by atoms with van der Waals surface area (Å²) in [5.41, 5.74) is 0.807. The molecule has 0 fully saturated rings. The maximum absolute atomic E-state index is 13.0. The average molecular weight is 433 g/mol. The molecule has 2 heterocycles. The van der Waals surface area contributed by atoms with Crippen molar-refractivity contribution in [3.8, 4) is 17.1 Å². The lowest BCUT2D eigenvalue weighted by molar-refractivity contribution is 0.181. The topological polar surface area (TPSA) is 87.1 Å². The minimum Gasteiger partial charge on any atom is -0.481 e. The summed E-state index contributed by atoms with van der Waals surface area (Å²) in [6, 6.07) is 12.9. The van der Waals surface area contributed by atoms with Gasteiger partial charge in [0.25, 0.3) is 11.1 Å². The highest BCUT2D eigenvalue weighted by molar-refractivity contribution is 7.98. The van der Waals surface area contributed by atoms with E-state index >= 15 is 0 Å². The number of rotatable bonds is 7. The van der Waals surface area contributed by atoms with Crippen molar-refractivity contribution in [2.45, 2.75) is 24.0 Å². The minimum absolute atomic E-state index is 0.309. The Hall–Kier alpha value is -2.91. The molecule has 0 aliphatic carbocycles. The van der Waals surface area contributed by atoms with E-state index in [0.29, 0.717) is 39.4 Å². The zero-order chi connectivity index (χ0) is 20.2. The maximum Gasteiger partial charge on any atom is 0.277 e. The highest BCUT2D eigenvalue weighted by atomic mass is 35.5. The van der Waals surface area contributed by atoms with E-state index in [-0.39, 0.29) is 5.82 Å². The lowest BCUT2D eigenvalue weighted by Gasteiger charge is -2.10. The third kappa shape index (κ3) is 4.93. The molecule has 29 heavy (non-hydrogen) atoms. The van der Waals surface area contributed by atoms with Gasteiger partial charge in [0, 0.05) is 10.6 Å². The molecule has 0 spiro atoms. The van der Waals surface area contributed by atoms with Crippen molar-refractivity contribution < 1.29 is 18.1 Å². The monoisotopic (exact) mass is 432 g/mol. The smallest absolute Gasteiger partial charge is 0.277 e. The van der Waals surface area contributed by atoms with Crippen LogP contribution in [0.1, 0.15) is 24.8 Å². The van der Waals surface area contributed by atoms with Crippen molar-refractivity contribution >= 4 is 23.4 Å². The van der Waals surface area contributed by atoms with Gasteiger partial charge in [-0.15, -0.1) is 10.2 Å². The van der Waals surface area contributed by atoms with Crippen LogP contribution in [-0.4, -0.2) is 20.3 Å². The van der Waals surface area contributed by atoms with Crippen LogP contribution in [0.15, 0.2) is 62.7 Å². The molecular formula is C19H14ClFN4O3S. The van der Waals surface area contributed by atoms with Crippen LogP contribution < -0.4 is 4.74 Å². The molecule has 0 saturated heterocycles. The van der Waals surface area contributed by atoms with E-state index < -0.39 is 6.10 Å². The lowest BCUT2D eigenvalue weighted by atomic mass is 10.2. The van der Waals surface area contributed by atoms with Gasteiger partial charge in [0.1, 0.15) is 11.6 Å². The van der Waals surface area contributed by atoms with E-state index in [0.717, 1.165) is 5.56 Å². The molecule has 4 rings (SSSR count). The second kappa shape index (κ2) is 8.62. The largest absolute Gasteiger partial charge is 0.481 e. The molecule has 10 heteroatoms. The number of halogens is 2. The first-order valence-electron chi connectivity index (χ1n) is 8.54. The van der Waals surface area contributed by atoms with Crippen molar-refractivity contribution in [2.75, 3.05) is 0 Å². The zero-order valence-electron chi connectivity index (χ0n) is 15.1. The molecule has 2 aromatic heterocycles. The number of benzene rings is 2. The van der Waals surface area contributed by atoms with Gasteiger partial charge >= 0.3 is 0 Å². The highest BCUT2D eigenvalue weighted by Gasteiger charge is 2.17. The Morgan fingerprint density at radius 2 is 1.86 bits per heavy atom. The molecule has 4 aromatic rings. The molecule has 0 bridgehead atoms. The van der Waals surface area contributed by atoms with E-state index in [4.69, 9.17) is 25.3 Å². The lowest BCUT2D eigenvalue weighted by Crippen LogP contribution is -2.03. The molecule has 0 aliphatic heterocycles. The molecule has 7 nitrogen and oxygen atoms in total. The molecule has 0 amide bonds. The predicted octanol–water partition coefficient (Wildman–Crippen LogP) is 5.34. The first-order chi connectivity index (χ1) is 14.1. The van der Waals surface area contributed by atoms with E-state index in [1.165, 1.54) is 36.0 Å². The minimum atomic E-state index is -0.484. The van der Waals surface area contributed by atoms with Crippen LogP contribution >= 0.6 is 23.4 Å². The van der Waals surface area contributed by atoms with Crippen molar-refractivity contribution in [3.05, 3.63) is 71.2 Å². The van der Waals surface area contributed by atoms with Gasteiger partial charge in [-0.05, 0) is 55.5 Å². The molecule has 1 atom stereocenters. The van der Waals surface area contributed by atoms with Crippen molar-refractivity contribution in [3.63, 3.8) is 0 Å². The molecule has 0 aliphatic rings. The molecule has 0 radical (unpaired) electrons. The fourth-order valence-electron chi connectivity index (χ4n) is 2.36. The summed E-state index contributed by atoms with van der Waals surface area (Å²) in [7, 11) is 0. The number of nitrogens with zero attached hydrogens (tertiary/aromatic N) is 4. The predicted molar refractivity (Wildman–Crippen MR) is 104 cm³/mol. The Bertz CT molecular complexity index is 1090. The second-order valence-electron chi connectivity index (χ2n) is 5.93. The summed E-state index contributed by atoms with van der Waals surface area (Å²) >= 11 is 7.15. The molecule has 0 unspecified atom stereocenters. The highest BCUT2D eigenvalue weighted by Crippen LogP contribution is 2.26. The third-order valence-electron chi connectivity index (χ3n) is 3.79. The molecular weight excluding hydrogens is 419 g/mol. The van der Waals surface area contributed by atoms with Gasteiger partial charge in [0.05, 0.1) is 5.75 Å². The summed E-state index contributed by atoms with van der Waals surface area (Å²) in [4.78, 5) is 4.34. The average Bonchev–Trinajstić information content (AvgIpc) is 3.38. The molecule has 0 saturated carbocycles. The van der Waals surface area contributed by atoms with Crippen molar-refractivity contribution in [1.29, 1.82) is 0 Å². The van der Waals surface area contributed by atoms with Crippen LogP contribution in [0, 0.1) is 5.82 Å². The summed E-state index contributed by atoms with van der Waals surface area (Å²) in [5.74, 6) is 1.76. The number of aromatic nitrogens is 4. The van der Waals surface area contributed by atoms with Gasteiger partial charge in [0.15, 0.2) is 6.10 Å². The second-order valence-corrected chi connectivity index (χ2v) is 7.29. The van der Waals surface area contributed by atoms with Crippen LogP contribution in [0.5, 0.6) is 5.75 Å². The third-order valence-corrected chi connectivity index (χ3v) is 4.84. The van der Waals surface area contributed by atoms with Gasteiger partial charge < -0.3 is 13.7 Å². The van der Waals surface area contributed by atoms with Gasteiger partial charge in [-0.2, -0.15) is 4.98 Å². The van der Waals surface area contributed by atoms with Gasteiger partial charge in [0.2, 0.25) is 11.7 Å². The standard InChI is InChI=1S/C19H14ClFN4O3S/c1-11(26-15-8-6-14(21)7-9-15)18-23-24-19(27-18)29-10-16-22-17(25-28-16)12-2-4-13(20)5-3-12/h2-9,11H,10H2,1H3/t11-/m0/s1. The Morgan fingerprint density at radius 3 is 2.62 bits per heavy atom. The Morgan fingerprint density at radius 1 is 1.10 bits per heavy atom. The normalized spacial score (nSPS) is 12.1. The van der Waals surface area contributed by atoms with E-state index in [9.17, 15) is 4.39 Å². The fourth-order valence-corrected chi connectivity index (χ4v) is 3.10. The van der Waals surface area contributed by atoms with Crippen LogP contribution in [-0.2, 0) is 5.75 Å². The van der Waals surface area contributed by atoms with Crippen LogP contribution in [0.4, 0.5) is 4.39 Å². The fraction of sp³-hybridized carbons (Fsp3) is 0.158. The van der Waals surface area contributed by atoms with Gasteiger partial charge in [-0.25, -0.2) is 4.39 Å². The number of ether oxygens (including phenoxy) is 1. The molecule has 148 valence electrons. The maximum atomic E-state index is 13.0. The summed E-state index contributed by atoms with van der Waals surface area (Å²) in [5, 5.41) is 12.9. The number of hydrogen-bond acceptors (Lipinski definition) is 8. The van der Waals surface area contributed by atoms with E-state index in [1.54, 1.807) is 19.1 Å². The molecule has 2 aromatic carbocycles. The Kier molecular flexibility index (Phi) is 5.77. The first-order valence-corrected chi connectivity index (χ1v) is 9.90. The number of hydrogen-bond donors (Lipinski definition) is 0. The Labute approximate surface area is 174 Å².